The highest BCUT2D eigenvalue weighted by atomic mass is 35.5. The zero-order valence-corrected chi connectivity index (χ0v) is 13.8. The molecule has 1 aliphatic rings. The van der Waals surface area contributed by atoms with Crippen molar-refractivity contribution in [3.63, 3.8) is 0 Å². The fraction of sp³-hybridized carbons (Fsp3) is 0.500. The molecule has 0 saturated carbocycles. The zero-order chi connectivity index (χ0) is 13.8. The number of amides is 1. The van der Waals surface area contributed by atoms with Gasteiger partial charge in [-0.2, -0.15) is 0 Å². The van der Waals surface area contributed by atoms with Crippen LogP contribution < -0.4 is 5.73 Å². The summed E-state index contributed by atoms with van der Waals surface area (Å²) in [4.78, 5) is 15.2. The Morgan fingerprint density at radius 2 is 2.25 bits per heavy atom. The first-order valence-electron chi connectivity index (χ1n) is 6.52. The van der Waals surface area contributed by atoms with Crippen LogP contribution in [0.5, 0.6) is 0 Å². The van der Waals surface area contributed by atoms with Crippen molar-refractivity contribution in [3.8, 4) is 0 Å². The number of nitrogens with two attached hydrogens (primary N) is 1. The minimum absolute atomic E-state index is 0. The standard InChI is InChI=1S/C14H19ClN2OS.ClH/c1-10(19-13-5-3-2-4-12(13)15)14(18)17-7-6-11(8-16)9-17;/h2-5,10-11H,6-9,16H2,1H3;1H. The van der Waals surface area contributed by atoms with Crippen LogP contribution in [0.15, 0.2) is 29.2 Å². The molecule has 0 bridgehead atoms. The number of carbonyl (C=O) groups excluding carboxylic acids is 1. The van der Waals surface area contributed by atoms with Crippen LogP contribution in [0.2, 0.25) is 5.02 Å². The van der Waals surface area contributed by atoms with Crippen LogP contribution in [0.25, 0.3) is 0 Å². The molecule has 0 spiro atoms. The molecule has 112 valence electrons. The van der Waals surface area contributed by atoms with E-state index in [1.165, 1.54) is 11.8 Å². The Hall–Kier alpha value is -0.420. The first-order valence-corrected chi connectivity index (χ1v) is 7.77. The number of likely N-dealkylation sites (tertiary alicyclic amines) is 1. The highest BCUT2D eigenvalue weighted by Crippen LogP contribution is 2.31. The van der Waals surface area contributed by atoms with E-state index in [-0.39, 0.29) is 23.6 Å². The largest absolute Gasteiger partial charge is 0.341 e. The topological polar surface area (TPSA) is 46.3 Å². The number of hydrogen-bond acceptors (Lipinski definition) is 3. The van der Waals surface area contributed by atoms with Gasteiger partial charge in [0.1, 0.15) is 0 Å². The summed E-state index contributed by atoms with van der Waals surface area (Å²) in [7, 11) is 0. The molecule has 1 aromatic carbocycles. The van der Waals surface area contributed by atoms with Crippen LogP contribution in [0.3, 0.4) is 0 Å². The van der Waals surface area contributed by atoms with Crippen molar-refractivity contribution < 1.29 is 4.79 Å². The van der Waals surface area contributed by atoms with Crippen LogP contribution in [0.4, 0.5) is 0 Å². The number of hydrogen-bond donors (Lipinski definition) is 1. The number of halogens is 2. The molecule has 1 fully saturated rings. The molecule has 0 radical (unpaired) electrons. The molecule has 2 rings (SSSR count). The molecule has 6 heteroatoms. The molecule has 0 aromatic heterocycles. The third-order valence-electron chi connectivity index (χ3n) is 3.42. The summed E-state index contributed by atoms with van der Waals surface area (Å²) in [6, 6.07) is 7.63. The average Bonchev–Trinajstić information content (AvgIpc) is 2.89. The Labute approximate surface area is 135 Å². The monoisotopic (exact) mass is 334 g/mol. The number of benzene rings is 1. The minimum atomic E-state index is -0.114. The highest BCUT2D eigenvalue weighted by Gasteiger charge is 2.28. The molecule has 0 aliphatic carbocycles. The number of rotatable bonds is 4. The fourth-order valence-corrected chi connectivity index (χ4v) is 3.50. The predicted molar refractivity (Wildman–Crippen MR) is 87.8 cm³/mol. The average molecular weight is 335 g/mol. The molecule has 3 nitrogen and oxygen atoms in total. The van der Waals surface area contributed by atoms with Gasteiger partial charge in [-0.3, -0.25) is 4.79 Å². The van der Waals surface area contributed by atoms with Crippen LogP contribution >= 0.6 is 35.8 Å². The number of carbonyl (C=O) groups is 1. The van der Waals surface area contributed by atoms with E-state index in [1.54, 1.807) is 0 Å². The van der Waals surface area contributed by atoms with E-state index in [9.17, 15) is 4.79 Å². The van der Waals surface area contributed by atoms with E-state index in [0.29, 0.717) is 17.5 Å². The van der Waals surface area contributed by atoms with Crippen molar-refractivity contribution in [1.29, 1.82) is 0 Å². The van der Waals surface area contributed by atoms with E-state index in [1.807, 2.05) is 36.1 Å². The van der Waals surface area contributed by atoms with Gasteiger partial charge >= 0.3 is 0 Å². The molecule has 20 heavy (non-hydrogen) atoms. The molecule has 1 amide bonds. The molecule has 1 aromatic rings. The molecule has 2 atom stereocenters. The van der Waals surface area contributed by atoms with Crippen LogP contribution in [0.1, 0.15) is 13.3 Å². The summed E-state index contributed by atoms with van der Waals surface area (Å²) in [6.07, 6.45) is 1.02. The lowest BCUT2D eigenvalue weighted by Gasteiger charge is -2.21. The molecule has 1 saturated heterocycles. The van der Waals surface area contributed by atoms with Crippen molar-refractivity contribution in [2.45, 2.75) is 23.5 Å². The normalized spacial score (nSPS) is 19.6. The minimum Gasteiger partial charge on any atom is -0.341 e. The predicted octanol–water partition coefficient (Wildman–Crippen LogP) is 3.05. The summed E-state index contributed by atoms with van der Waals surface area (Å²) >= 11 is 7.64. The van der Waals surface area contributed by atoms with Crippen LogP contribution in [-0.2, 0) is 4.79 Å². The summed E-state index contributed by atoms with van der Waals surface area (Å²) in [5.41, 5.74) is 5.66. The van der Waals surface area contributed by atoms with Crippen molar-refractivity contribution in [3.05, 3.63) is 29.3 Å². The lowest BCUT2D eigenvalue weighted by Crippen LogP contribution is -2.35. The van der Waals surface area contributed by atoms with Crippen molar-refractivity contribution in [2.24, 2.45) is 11.7 Å². The quantitative estimate of drug-likeness (QED) is 0.861. The fourth-order valence-electron chi connectivity index (χ4n) is 2.26. The van der Waals surface area contributed by atoms with Crippen molar-refractivity contribution in [1.82, 2.24) is 4.90 Å². The van der Waals surface area contributed by atoms with Gasteiger partial charge in [0.15, 0.2) is 0 Å². The van der Waals surface area contributed by atoms with E-state index in [4.69, 9.17) is 17.3 Å². The second-order valence-electron chi connectivity index (χ2n) is 4.87. The zero-order valence-electron chi connectivity index (χ0n) is 11.4. The van der Waals surface area contributed by atoms with Gasteiger partial charge in [-0.1, -0.05) is 23.7 Å². The van der Waals surface area contributed by atoms with Gasteiger partial charge in [0, 0.05) is 18.0 Å². The molecule has 1 aliphatic heterocycles. The highest BCUT2D eigenvalue weighted by molar-refractivity contribution is 8.00. The van der Waals surface area contributed by atoms with Gasteiger partial charge in [0.05, 0.1) is 10.3 Å². The second-order valence-corrected chi connectivity index (χ2v) is 6.65. The maximum absolute atomic E-state index is 12.3. The molecule has 1 heterocycles. The molecule has 2 unspecified atom stereocenters. The summed E-state index contributed by atoms with van der Waals surface area (Å²) in [5.74, 6) is 0.641. The van der Waals surface area contributed by atoms with Crippen molar-refractivity contribution in [2.75, 3.05) is 19.6 Å². The van der Waals surface area contributed by atoms with Gasteiger partial charge in [-0.05, 0) is 37.9 Å². The first-order chi connectivity index (χ1) is 9.11. The van der Waals surface area contributed by atoms with Gasteiger partial charge < -0.3 is 10.6 Å². The van der Waals surface area contributed by atoms with E-state index >= 15 is 0 Å². The maximum Gasteiger partial charge on any atom is 0.235 e. The third kappa shape index (κ3) is 4.29. The molecular formula is C14H20Cl2N2OS. The summed E-state index contributed by atoms with van der Waals surface area (Å²) in [5, 5.41) is 0.588. The van der Waals surface area contributed by atoms with Gasteiger partial charge in [0.2, 0.25) is 5.91 Å². The van der Waals surface area contributed by atoms with Crippen LogP contribution in [-0.4, -0.2) is 35.7 Å². The summed E-state index contributed by atoms with van der Waals surface area (Å²) in [6.45, 7) is 4.22. The maximum atomic E-state index is 12.3. The Kier molecular flexibility index (Phi) is 7.17. The van der Waals surface area contributed by atoms with Gasteiger partial charge in [-0.25, -0.2) is 0 Å². The Balaban J connectivity index is 0.00000200. The third-order valence-corrected chi connectivity index (χ3v) is 5.03. The van der Waals surface area contributed by atoms with E-state index in [2.05, 4.69) is 0 Å². The Bertz CT molecular complexity index is 459. The summed E-state index contributed by atoms with van der Waals surface area (Å²) < 4.78 is 0. The van der Waals surface area contributed by atoms with E-state index < -0.39 is 0 Å². The SMILES string of the molecule is CC(Sc1ccccc1Cl)C(=O)N1CCC(CN)C1.Cl. The Morgan fingerprint density at radius 3 is 2.85 bits per heavy atom. The van der Waals surface area contributed by atoms with Crippen LogP contribution in [0, 0.1) is 5.92 Å². The molecule has 2 N–H and O–H groups in total. The Morgan fingerprint density at radius 1 is 1.55 bits per heavy atom. The van der Waals surface area contributed by atoms with Gasteiger partial charge in [-0.15, -0.1) is 24.2 Å². The van der Waals surface area contributed by atoms with E-state index in [0.717, 1.165) is 24.4 Å². The lowest BCUT2D eigenvalue weighted by molar-refractivity contribution is -0.129. The van der Waals surface area contributed by atoms with Crippen molar-refractivity contribution >= 4 is 41.7 Å². The molecular weight excluding hydrogens is 315 g/mol. The lowest BCUT2D eigenvalue weighted by atomic mass is 10.1. The number of thioether (sulfide) groups is 1. The van der Waals surface area contributed by atoms with Gasteiger partial charge in [0.25, 0.3) is 0 Å². The smallest absolute Gasteiger partial charge is 0.235 e. The second kappa shape index (κ2) is 8.13. The first kappa shape index (κ1) is 17.6. The number of nitrogens with zero attached hydrogens (tertiary/aromatic N) is 1.